The number of aryl methyl sites for hydroxylation is 2. The van der Waals surface area contributed by atoms with Crippen LogP contribution in [-0.2, 0) is 7.05 Å². The van der Waals surface area contributed by atoms with Crippen molar-refractivity contribution in [1.29, 1.82) is 0 Å². The van der Waals surface area contributed by atoms with Gasteiger partial charge in [0.25, 0.3) is 5.91 Å². The van der Waals surface area contributed by atoms with Crippen LogP contribution in [0.2, 0.25) is 0 Å². The number of benzene rings is 1. The maximum Gasteiger partial charge on any atom is 0.252 e. The number of rotatable bonds is 5. The lowest BCUT2D eigenvalue weighted by atomic mass is 10.1. The minimum atomic E-state index is -0.545. The molecule has 1 amide bonds. The third-order valence-electron chi connectivity index (χ3n) is 3.71. The summed E-state index contributed by atoms with van der Waals surface area (Å²) in [6.07, 6.45) is 1.47. The average Bonchev–Trinajstić information content (AvgIpc) is 2.83. The smallest absolute Gasteiger partial charge is 0.252 e. The van der Waals surface area contributed by atoms with Crippen molar-refractivity contribution >= 4 is 28.3 Å². The molecule has 0 aliphatic heterocycles. The second-order valence-corrected chi connectivity index (χ2v) is 5.40. The number of pyridine rings is 1. The lowest BCUT2D eigenvalue weighted by Gasteiger charge is -2.13. The molecule has 0 bridgehead atoms. The second kappa shape index (κ2) is 6.19. The Morgan fingerprint density at radius 2 is 2.21 bits per heavy atom. The van der Waals surface area contributed by atoms with Gasteiger partial charge in [0.05, 0.1) is 28.9 Å². The van der Waals surface area contributed by atoms with E-state index < -0.39 is 5.91 Å². The van der Waals surface area contributed by atoms with Crippen molar-refractivity contribution in [3.05, 3.63) is 41.7 Å². The first-order valence-corrected chi connectivity index (χ1v) is 7.63. The highest BCUT2D eigenvalue weighted by Gasteiger charge is 2.18. The number of primary amides is 1. The molecule has 1 aromatic carbocycles. The first-order chi connectivity index (χ1) is 11.5. The van der Waals surface area contributed by atoms with Crippen LogP contribution in [-0.4, -0.2) is 27.3 Å². The molecule has 3 aromatic rings. The molecular weight excluding hydrogens is 306 g/mol. The molecule has 0 atom stereocenters. The van der Waals surface area contributed by atoms with Crippen LogP contribution >= 0.6 is 0 Å². The summed E-state index contributed by atoms with van der Waals surface area (Å²) in [4.78, 5) is 16.1. The standard InChI is InChI=1S/C17H19N5O2/c1-4-24-12-7-5-6-11(8-12)20-15-13(16(18)23)9-19-17-14(15)10(2)21-22(17)3/h5-9H,4H2,1-3H3,(H2,18,23)(H,19,20). The highest BCUT2D eigenvalue weighted by atomic mass is 16.5. The largest absolute Gasteiger partial charge is 0.494 e. The number of hydrogen-bond donors (Lipinski definition) is 2. The fourth-order valence-electron chi connectivity index (χ4n) is 2.70. The molecule has 24 heavy (non-hydrogen) atoms. The van der Waals surface area contributed by atoms with Gasteiger partial charge in [0.15, 0.2) is 5.65 Å². The second-order valence-electron chi connectivity index (χ2n) is 5.40. The van der Waals surface area contributed by atoms with E-state index in [4.69, 9.17) is 10.5 Å². The molecule has 0 spiro atoms. The van der Waals surface area contributed by atoms with Gasteiger partial charge in [0, 0.05) is 25.0 Å². The first-order valence-electron chi connectivity index (χ1n) is 7.63. The van der Waals surface area contributed by atoms with Crippen molar-refractivity contribution in [2.45, 2.75) is 13.8 Å². The Bertz CT molecular complexity index is 917. The van der Waals surface area contributed by atoms with E-state index in [1.165, 1.54) is 6.20 Å². The van der Waals surface area contributed by atoms with Crippen LogP contribution in [0.3, 0.4) is 0 Å². The number of ether oxygens (including phenoxy) is 1. The van der Waals surface area contributed by atoms with Gasteiger partial charge in [0.1, 0.15) is 5.75 Å². The third kappa shape index (κ3) is 2.76. The quantitative estimate of drug-likeness (QED) is 0.751. The van der Waals surface area contributed by atoms with Gasteiger partial charge < -0.3 is 15.8 Å². The zero-order valence-electron chi connectivity index (χ0n) is 13.8. The van der Waals surface area contributed by atoms with Gasteiger partial charge in [0.2, 0.25) is 0 Å². The van der Waals surface area contributed by atoms with E-state index in [2.05, 4.69) is 15.4 Å². The van der Waals surface area contributed by atoms with Gasteiger partial charge >= 0.3 is 0 Å². The molecule has 0 aliphatic carbocycles. The van der Waals surface area contributed by atoms with Crippen LogP contribution < -0.4 is 15.8 Å². The van der Waals surface area contributed by atoms with Gasteiger partial charge in [-0.2, -0.15) is 5.10 Å². The van der Waals surface area contributed by atoms with Crippen molar-refractivity contribution in [2.24, 2.45) is 12.8 Å². The number of hydrogen-bond acceptors (Lipinski definition) is 5. The molecular formula is C17H19N5O2. The molecule has 0 saturated heterocycles. The molecule has 0 aliphatic rings. The molecule has 124 valence electrons. The van der Waals surface area contributed by atoms with E-state index in [1.54, 1.807) is 4.68 Å². The van der Waals surface area contributed by atoms with Crippen molar-refractivity contribution in [3.63, 3.8) is 0 Å². The Labute approximate surface area is 139 Å². The number of nitrogens with zero attached hydrogens (tertiary/aromatic N) is 3. The van der Waals surface area contributed by atoms with Crippen molar-refractivity contribution in [1.82, 2.24) is 14.8 Å². The number of amides is 1. The van der Waals surface area contributed by atoms with Crippen LogP contribution in [0.15, 0.2) is 30.5 Å². The zero-order chi connectivity index (χ0) is 17.3. The Balaban J connectivity index is 2.15. The van der Waals surface area contributed by atoms with E-state index in [0.717, 1.165) is 22.5 Å². The molecule has 7 heteroatoms. The Morgan fingerprint density at radius 3 is 2.92 bits per heavy atom. The highest BCUT2D eigenvalue weighted by Crippen LogP contribution is 2.31. The van der Waals surface area contributed by atoms with E-state index in [9.17, 15) is 4.79 Å². The lowest BCUT2D eigenvalue weighted by Crippen LogP contribution is -2.14. The van der Waals surface area contributed by atoms with Crippen LogP contribution in [0.5, 0.6) is 5.75 Å². The lowest BCUT2D eigenvalue weighted by molar-refractivity contribution is 0.100. The number of nitrogens with one attached hydrogen (secondary N) is 1. The Morgan fingerprint density at radius 1 is 1.42 bits per heavy atom. The number of carbonyl (C=O) groups is 1. The number of aromatic nitrogens is 3. The molecule has 0 unspecified atom stereocenters. The summed E-state index contributed by atoms with van der Waals surface area (Å²) in [5, 5.41) is 8.43. The molecule has 3 N–H and O–H groups in total. The SMILES string of the molecule is CCOc1cccc(Nc2c(C(N)=O)cnc3c2c(C)nn3C)c1. The molecule has 0 radical (unpaired) electrons. The van der Waals surface area contributed by atoms with Gasteiger partial charge in [-0.3, -0.25) is 9.48 Å². The van der Waals surface area contributed by atoms with Crippen molar-refractivity contribution in [3.8, 4) is 5.75 Å². The number of fused-ring (bicyclic) bond motifs is 1. The van der Waals surface area contributed by atoms with E-state index in [1.807, 2.05) is 45.2 Å². The van der Waals surface area contributed by atoms with Crippen LogP contribution in [0.25, 0.3) is 11.0 Å². The normalized spacial score (nSPS) is 10.8. The van der Waals surface area contributed by atoms with E-state index in [0.29, 0.717) is 23.5 Å². The topological polar surface area (TPSA) is 95.1 Å². The molecule has 2 aromatic heterocycles. The van der Waals surface area contributed by atoms with Crippen LogP contribution in [0, 0.1) is 6.92 Å². The molecule has 2 heterocycles. The van der Waals surface area contributed by atoms with Crippen molar-refractivity contribution in [2.75, 3.05) is 11.9 Å². The van der Waals surface area contributed by atoms with Gasteiger partial charge in [-0.05, 0) is 26.0 Å². The fraction of sp³-hybridized carbons (Fsp3) is 0.235. The molecule has 3 rings (SSSR count). The number of anilines is 2. The summed E-state index contributed by atoms with van der Waals surface area (Å²) in [7, 11) is 1.81. The first kappa shape index (κ1) is 15.8. The van der Waals surface area contributed by atoms with Crippen LogP contribution in [0.4, 0.5) is 11.4 Å². The summed E-state index contributed by atoms with van der Waals surface area (Å²) < 4.78 is 7.19. The third-order valence-corrected chi connectivity index (χ3v) is 3.71. The minimum Gasteiger partial charge on any atom is -0.494 e. The monoisotopic (exact) mass is 325 g/mol. The Kier molecular flexibility index (Phi) is 4.07. The summed E-state index contributed by atoms with van der Waals surface area (Å²) in [5.41, 5.74) is 8.69. The zero-order valence-corrected chi connectivity index (χ0v) is 13.8. The number of nitrogens with two attached hydrogens (primary N) is 1. The number of carbonyl (C=O) groups excluding carboxylic acids is 1. The van der Waals surface area contributed by atoms with Gasteiger partial charge in [-0.25, -0.2) is 4.98 Å². The predicted molar refractivity (Wildman–Crippen MR) is 92.7 cm³/mol. The summed E-state index contributed by atoms with van der Waals surface area (Å²) in [6, 6.07) is 7.52. The summed E-state index contributed by atoms with van der Waals surface area (Å²) in [6.45, 7) is 4.38. The van der Waals surface area contributed by atoms with E-state index in [-0.39, 0.29) is 0 Å². The summed E-state index contributed by atoms with van der Waals surface area (Å²) >= 11 is 0. The van der Waals surface area contributed by atoms with Gasteiger partial charge in [-0.1, -0.05) is 6.07 Å². The maximum absolute atomic E-state index is 11.8. The minimum absolute atomic E-state index is 0.320. The van der Waals surface area contributed by atoms with E-state index >= 15 is 0 Å². The molecule has 7 nitrogen and oxygen atoms in total. The molecule has 0 saturated carbocycles. The Hall–Kier alpha value is -3.09. The summed E-state index contributed by atoms with van der Waals surface area (Å²) in [5.74, 6) is 0.201. The maximum atomic E-state index is 11.8. The van der Waals surface area contributed by atoms with Crippen molar-refractivity contribution < 1.29 is 9.53 Å². The highest BCUT2D eigenvalue weighted by molar-refractivity contribution is 6.07. The predicted octanol–water partition coefficient (Wildman–Crippen LogP) is 2.52. The van der Waals surface area contributed by atoms with Gasteiger partial charge in [-0.15, -0.1) is 0 Å². The molecule has 0 fully saturated rings. The average molecular weight is 325 g/mol. The fourth-order valence-corrected chi connectivity index (χ4v) is 2.70. The van der Waals surface area contributed by atoms with Crippen LogP contribution in [0.1, 0.15) is 23.0 Å².